The van der Waals surface area contributed by atoms with E-state index >= 15 is 0 Å². The Morgan fingerprint density at radius 3 is 2.62 bits per heavy atom. The highest BCUT2D eigenvalue weighted by Gasteiger charge is 2.20. The van der Waals surface area contributed by atoms with Gasteiger partial charge < -0.3 is 16.0 Å². The molecule has 6 heteroatoms. The van der Waals surface area contributed by atoms with Crippen LogP contribution in [0.3, 0.4) is 0 Å². The van der Waals surface area contributed by atoms with Crippen LogP contribution < -0.4 is 11.1 Å². The predicted molar refractivity (Wildman–Crippen MR) is 88.0 cm³/mol. The highest BCUT2D eigenvalue weighted by molar-refractivity contribution is 9.10. The zero-order chi connectivity index (χ0) is 15.8. The minimum absolute atomic E-state index is 0.0634. The Morgan fingerprint density at radius 2 is 2.00 bits per heavy atom. The van der Waals surface area contributed by atoms with Gasteiger partial charge in [0.05, 0.1) is 12.1 Å². The fraction of sp³-hybridized carbons (Fsp3) is 0.467. The van der Waals surface area contributed by atoms with Crippen molar-refractivity contribution in [3.63, 3.8) is 0 Å². The summed E-state index contributed by atoms with van der Waals surface area (Å²) < 4.78 is 0.678. The molecule has 21 heavy (non-hydrogen) atoms. The minimum Gasteiger partial charge on any atom is -0.399 e. The Labute approximate surface area is 134 Å². The lowest BCUT2D eigenvalue weighted by atomic mass is 10.1. The number of nitrogens with zero attached hydrogens (tertiary/aromatic N) is 1. The molecule has 0 aliphatic rings. The largest absolute Gasteiger partial charge is 0.399 e. The van der Waals surface area contributed by atoms with Gasteiger partial charge in [0, 0.05) is 23.2 Å². The van der Waals surface area contributed by atoms with Crippen LogP contribution in [-0.4, -0.2) is 36.3 Å². The summed E-state index contributed by atoms with van der Waals surface area (Å²) in [6.07, 6.45) is 1.65. The standard InChI is InChI=1S/C15H22BrN3O2/c1-3-7-18-14(20)10-19(8-4-2)15(21)12-9-11(17)5-6-13(12)16/h5-6,9H,3-4,7-8,10,17H2,1-2H3,(H,18,20). The number of rotatable bonds is 7. The Hall–Kier alpha value is -1.56. The maximum atomic E-state index is 12.6. The summed E-state index contributed by atoms with van der Waals surface area (Å²) in [5.74, 6) is -0.332. The van der Waals surface area contributed by atoms with E-state index < -0.39 is 0 Å². The Morgan fingerprint density at radius 1 is 1.29 bits per heavy atom. The summed E-state index contributed by atoms with van der Waals surface area (Å²) in [6.45, 7) is 5.17. The molecule has 5 nitrogen and oxygen atoms in total. The Kier molecular flexibility index (Phi) is 7.22. The van der Waals surface area contributed by atoms with Crippen LogP contribution in [0.15, 0.2) is 22.7 Å². The normalized spacial score (nSPS) is 10.2. The lowest BCUT2D eigenvalue weighted by Gasteiger charge is -2.22. The van der Waals surface area contributed by atoms with Gasteiger partial charge in [0.25, 0.3) is 5.91 Å². The van der Waals surface area contributed by atoms with E-state index in [1.54, 1.807) is 23.1 Å². The molecule has 0 heterocycles. The fourth-order valence-corrected chi connectivity index (χ4v) is 2.31. The molecule has 0 bridgehead atoms. The lowest BCUT2D eigenvalue weighted by Crippen LogP contribution is -2.41. The average molecular weight is 356 g/mol. The number of carbonyl (C=O) groups is 2. The second kappa shape index (κ2) is 8.67. The van der Waals surface area contributed by atoms with Gasteiger partial charge in [-0.1, -0.05) is 13.8 Å². The van der Waals surface area contributed by atoms with E-state index in [9.17, 15) is 9.59 Å². The van der Waals surface area contributed by atoms with E-state index in [1.165, 1.54) is 0 Å². The van der Waals surface area contributed by atoms with Crippen molar-refractivity contribution < 1.29 is 9.59 Å². The molecular weight excluding hydrogens is 334 g/mol. The van der Waals surface area contributed by atoms with E-state index in [4.69, 9.17) is 5.73 Å². The predicted octanol–water partition coefficient (Wildman–Crippen LogP) is 2.41. The lowest BCUT2D eigenvalue weighted by molar-refractivity contribution is -0.121. The van der Waals surface area contributed by atoms with Crippen LogP contribution >= 0.6 is 15.9 Å². The summed E-state index contributed by atoms with van der Waals surface area (Å²) in [4.78, 5) is 26.0. The third kappa shape index (κ3) is 5.38. The summed E-state index contributed by atoms with van der Waals surface area (Å²) in [7, 11) is 0. The molecule has 0 fully saturated rings. The molecule has 116 valence electrons. The third-order valence-corrected chi connectivity index (χ3v) is 3.60. The Balaban J connectivity index is 2.86. The first-order valence-corrected chi connectivity index (χ1v) is 7.89. The molecule has 1 rings (SSSR count). The molecule has 2 amide bonds. The smallest absolute Gasteiger partial charge is 0.255 e. The quantitative estimate of drug-likeness (QED) is 0.737. The summed E-state index contributed by atoms with van der Waals surface area (Å²) in [5, 5.41) is 2.78. The van der Waals surface area contributed by atoms with Gasteiger partial charge in [-0.2, -0.15) is 0 Å². The Bertz CT molecular complexity index is 506. The summed E-state index contributed by atoms with van der Waals surface area (Å²) in [5.41, 5.74) is 6.74. The maximum absolute atomic E-state index is 12.6. The van der Waals surface area contributed by atoms with Gasteiger partial charge in [0.2, 0.25) is 5.91 Å². The fourth-order valence-electron chi connectivity index (χ4n) is 1.89. The first-order chi connectivity index (χ1) is 9.99. The third-order valence-electron chi connectivity index (χ3n) is 2.91. The van der Waals surface area contributed by atoms with E-state index in [2.05, 4.69) is 21.2 Å². The molecule has 0 spiro atoms. The topological polar surface area (TPSA) is 75.4 Å². The number of hydrogen-bond donors (Lipinski definition) is 2. The average Bonchev–Trinajstić information content (AvgIpc) is 2.46. The van der Waals surface area contributed by atoms with Crippen LogP contribution in [0, 0.1) is 0 Å². The van der Waals surface area contributed by atoms with Crippen molar-refractivity contribution in [3.8, 4) is 0 Å². The maximum Gasteiger partial charge on any atom is 0.255 e. The van der Waals surface area contributed by atoms with Crippen LogP contribution in [0.4, 0.5) is 5.69 Å². The number of hydrogen-bond acceptors (Lipinski definition) is 3. The highest BCUT2D eigenvalue weighted by atomic mass is 79.9. The van der Waals surface area contributed by atoms with E-state index in [0.29, 0.717) is 28.8 Å². The molecule has 0 saturated heterocycles. The second-order valence-electron chi connectivity index (χ2n) is 4.82. The highest BCUT2D eigenvalue weighted by Crippen LogP contribution is 2.21. The van der Waals surface area contributed by atoms with Crippen molar-refractivity contribution in [2.45, 2.75) is 26.7 Å². The molecule has 0 saturated carbocycles. The van der Waals surface area contributed by atoms with E-state index in [0.717, 1.165) is 12.8 Å². The van der Waals surface area contributed by atoms with Gasteiger partial charge in [-0.25, -0.2) is 0 Å². The molecule has 0 aliphatic heterocycles. The van der Waals surface area contributed by atoms with Crippen molar-refractivity contribution in [3.05, 3.63) is 28.2 Å². The SMILES string of the molecule is CCCNC(=O)CN(CCC)C(=O)c1cc(N)ccc1Br. The van der Waals surface area contributed by atoms with Crippen molar-refractivity contribution in [1.82, 2.24) is 10.2 Å². The van der Waals surface area contributed by atoms with Crippen LogP contribution in [0.25, 0.3) is 0 Å². The first-order valence-electron chi connectivity index (χ1n) is 7.10. The molecule has 0 unspecified atom stereocenters. The molecule has 1 aromatic rings. The molecule has 0 aliphatic carbocycles. The zero-order valence-electron chi connectivity index (χ0n) is 12.5. The number of nitrogens with two attached hydrogens (primary N) is 1. The van der Waals surface area contributed by atoms with Crippen molar-refractivity contribution in [1.29, 1.82) is 0 Å². The van der Waals surface area contributed by atoms with Crippen LogP contribution in [0.2, 0.25) is 0 Å². The number of nitrogen functional groups attached to an aromatic ring is 1. The van der Waals surface area contributed by atoms with Crippen molar-refractivity contribution in [2.75, 3.05) is 25.4 Å². The molecule has 3 N–H and O–H groups in total. The second-order valence-corrected chi connectivity index (χ2v) is 5.67. The molecule has 1 aromatic carbocycles. The van der Waals surface area contributed by atoms with Crippen LogP contribution in [0.5, 0.6) is 0 Å². The number of carbonyl (C=O) groups excluding carboxylic acids is 2. The van der Waals surface area contributed by atoms with Gasteiger partial charge in [0.1, 0.15) is 0 Å². The molecular formula is C15H22BrN3O2. The number of anilines is 1. The van der Waals surface area contributed by atoms with Gasteiger partial charge in [-0.3, -0.25) is 9.59 Å². The molecule has 0 radical (unpaired) electrons. The van der Waals surface area contributed by atoms with Gasteiger partial charge >= 0.3 is 0 Å². The first kappa shape index (κ1) is 17.5. The van der Waals surface area contributed by atoms with Gasteiger partial charge in [-0.05, 0) is 47.0 Å². The number of benzene rings is 1. The monoisotopic (exact) mass is 355 g/mol. The number of amides is 2. The van der Waals surface area contributed by atoms with E-state index in [-0.39, 0.29) is 18.4 Å². The van der Waals surface area contributed by atoms with E-state index in [1.807, 2.05) is 13.8 Å². The van der Waals surface area contributed by atoms with Crippen LogP contribution in [0.1, 0.15) is 37.0 Å². The van der Waals surface area contributed by atoms with Crippen molar-refractivity contribution >= 4 is 33.4 Å². The number of nitrogens with one attached hydrogen (secondary N) is 1. The minimum atomic E-state index is -0.192. The summed E-state index contributed by atoms with van der Waals surface area (Å²) in [6, 6.07) is 5.09. The zero-order valence-corrected chi connectivity index (χ0v) is 14.1. The molecule has 0 atom stereocenters. The number of halogens is 1. The summed E-state index contributed by atoms with van der Waals surface area (Å²) >= 11 is 3.36. The van der Waals surface area contributed by atoms with Crippen LogP contribution in [-0.2, 0) is 4.79 Å². The van der Waals surface area contributed by atoms with Gasteiger partial charge in [-0.15, -0.1) is 0 Å². The molecule has 0 aromatic heterocycles. The van der Waals surface area contributed by atoms with Crippen molar-refractivity contribution in [2.24, 2.45) is 0 Å². The van der Waals surface area contributed by atoms with Gasteiger partial charge in [0.15, 0.2) is 0 Å².